The summed E-state index contributed by atoms with van der Waals surface area (Å²) in [6.45, 7) is 6.74. The van der Waals surface area contributed by atoms with Crippen LogP contribution in [-0.2, 0) is 5.41 Å². The van der Waals surface area contributed by atoms with E-state index in [9.17, 15) is 0 Å². The first-order valence-electron chi connectivity index (χ1n) is 6.63. The van der Waals surface area contributed by atoms with Crippen LogP contribution in [0.1, 0.15) is 38.7 Å². The summed E-state index contributed by atoms with van der Waals surface area (Å²) in [5.41, 5.74) is 1.74. The number of halogens is 1. The number of rotatable bonds is 5. The van der Waals surface area contributed by atoms with Gasteiger partial charge in [0.05, 0.1) is 0 Å². The number of nitrogens with one attached hydrogen (secondary N) is 1. The van der Waals surface area contributed by atoms with Crippen molar-refractivity contribution in [2.45, 2.75) is 38.5 Å². The smallest absolute Gasteiger partial charge is 0.0408 e. The first-order valence-corrected chi connectivity index (χ1v) is 7.01. The Labute approximate surface area is 110 Å². The maximum Gasteiger partial charge on any atom is 0.0408 e. The highest BCUT2D eigenvalue weighted by Crippen LogP contribution is 2.47. The molecule has 2 heteroatoms. The number of hydrogen-bond acceptors (Lipinski definition) is 1. The molecule has 17 heavy (non-hydrogen) atoms. The maximum absolute atomic E-state index is 6.11. The fourth-order valence-corrected chi connectivity index (χ4v) is 3.27. The van der Waals surface area contributed by atoms with E-state index < -0.39 is 0 Å². The lowest BCUT2D eigenvalue weighted by Gasteiger charge is -2.47. The Morgan fingerprint density at radius 1 is 1.41 bits per heavy atom. The lowest BCUT2D eigenvalue weighted by Crippen LogP contribution is -2.48. The zero-order chi connectivity index (χ0) is 12.3. The second-order valence-electron chi connectivity index (χ2n) is 5.48. The Bertz CT molecular complexity index is 369. The fourth-order valence-electron chi connectivity index (χ4n) is 3.08. The van der Waals surface area contributed by atoms with Crippen molar-refractivity contribution >= 4 is 11.6 Å². The molecule has 0 heterocycles. The van der Waals surface area contributed by atoms with Crippen molar-refractivity contribution in [2.75, 3.05) is 13.1 Å². The van der Waals surface area contributed by atoms with Gasteiger partial charge < -0.3 is 5.32 Å². The zero-order valence-electron chi connectivity index (χ0n) is 10.8. The van der Waals surface area contributed by atoms with E-state index >= 15 is 0 Å². The standard InChI is InChI=1S/C15H22ClN/c1-3-7-17-11-15(9-12(2)10-15)13-5-4-6-14(16)8-13/h4-6,8,12,17H,3,7,9-11H2,1-2H3. The van der Waals surface area contributed by atoms with Crippen LogP contribution in [0.15, 0.2) is 24.3 Å². The average molecular weight is 252 g/mol. The van der Waals surface area contributed by atoms with Crippen LogP contribution in [0.5, 0.6) is 0 Å². The normalized spacial score (nSPS) is 27.8. The van der Waals surface area contributed by atoms with Crippen LogP contribution in [0.2, 0.25) is 5.02 Å². The summed E-state index contributed by atoms with van der Waals surface area (Å²) < 4.78 is 0. The molecule has 1 N–H and O–H groups in total. The fraction of sp³-hybridized carbons (Fsp3) is 0.600. The molecule has 0 unspecified atom stereocenters. The molecule has 0 amide bonds. The van der Waals surface area contributed by atoms with Crippen LogP contribution in [0, 0.1) is 5.92 Å². The molecule has 0 radical (unpaired) electrons. The van der Waals surface area contributed by atoms with Crippen LogP contribution < -0.4 is 5.32 Å². The van der Waals surface area contributed by atoms with E-state index in [-0.39, 0.29) is 0 Å². The second-order valence-corrected chi connectivity index (χ2v) is 5.92. The maximum atomic E-state index is 6.11. The first kappa shape index (κ1) is 12.9. The zero-order valence-corrected chi connectivity index (χ0v) is 11.6. The highest BCUT2D eigenvalue weighted by Gasteiger charge is 2.42. The Hall–Kier alpha value is -0.530. The summed E-state index contributed by atoms with van der Waals surface area (Å²) in [6.07, 6.45) is 3.76. The van der Waals surface area contributed by atoms with Crippen molar-refractivity contribution in [1.29, 1.82) is 0 Å². The molecule has 0 saturated heterocycles. The first-order chi connectivity index (χ1) is 8.16. The van der Waals surface area contributed by atoms with Gasteiger partial charge in [-0.25, -0.2) is 0 Å². The van der Waals surface area contributed by atoms with Gasteiger partial charge in [0.15, 0.2) is 0 Å². The van der Waals surface area contributed by atoms with Gasteiger partial charge >= 0.3 is 0 Å². The lowest BCUT2D eigenvalue weighted by atomic mass is 9.59. The molecule has 1 aromatic carbocycles. The summed E-state index contributed by atoms with van der Waals surface area (Å²) in [4.78, 5) is 0. The molecule has 0 aliphatic heterocycles. The minimum Gasteiger partial charge on any atom is -0.316 e. The molecule has 0 bridgehead atoms. The van der Waals surface area contributed by atoms with Gasteiger partial charge in [0.2, 0.25) is 0 Å². The predicted molar refractivity (Wildman–Crippen MR) is 74.7 cm³/mol. The summed E-state index contributed by atoms with van der Waals surface area (Å²) in [5, 5.41) is 4.43. The SMILES string of the molecule is CCCNCC1(c2cccc(Cl)c2)CC(C)C1. The lowest BCUT2D eigenvalue weighted by molar-refractivity contribution is 0.153. The molecule has 1 nitrogen and oxygen atoms in total. The molecular formula is C15H22ClN. The molecule has 94 valence electrons. The van der Waals surface area contributed by atoms with E-state index in [2.05, 4.69) is 37.4 Å². The van der Waals surface area contributed by atoms with Crippen LogP contribution in [0.4, 0.5) is 0 Å². The topological polar surface area (TPSA) is 12.0 Å². The molecule has 0 spiro atoms. The van der Waals surface area contributed by atoms with E-state index in [0.29, 0.717) is 5.41 Å². The van der Waals surface area contributed by atoms with Gasteiger partial charge in [-0.2, -0.15) is 0 Å². The van der Waals surface area contributed by atoms with Crippen LogP contribution in [0.25, 0.3) is 0 Å². The average Bonchev–Trinajstić information content (AvgIpc) is 2.26. The highest BCUT2D eigenvalue weighted by molar-refractivity contribution is 6.30. The molecule has 1 aliphatic carbocycles. The second kappa shape index (κ2) is 5.41. The predicted octanol–water partition coefficient (Wildman–Crippen LogP) is 4.01. The van der Waals surface area contributed by atoms with Gasteiger partial charge in [0.1, 0.15) is 0 Å². The molecule has 1 aliphatic rings. The molecule has 1 aromatic rings. The molecule has 0 aromatic heterocycles. The van der Waals surface area contributed by atoms with Gasteiger partial charge in [-0.05, 0) is 49.4 Å². The van der Waals surface area contributed by atoms with E-state index in [0.717, 1.165) is 24.0 Å². The minimum absolute atomic E-state index is 0.333. The molecular weight excluding hydrogens is 230 g/mol. The summed E-state index contributed by atoms with van der Waals surface area (Å²) in [7, 11) is 0. The highest BCUT2D eigenvalue weighted by atomic mass is 35.5. The summed E-state index contributed by atoms with van der Waals surface area (Å²) in [6, 6.07) is 8.40. The largest absolute Gasteiger partial charge is 0.316 e. The van der Waals surface area contributed by atoms with Crippen molar-refractivity contribution in [3.63, 3.8) is 0 Å². The quantitative estimate of drug-likeness (QED) is 0.780. The van der Waals surface area contributed by atoms with Crippen LogP contribution in [-0.4, -0.2) is 13.1 Å². The number of benzene rings is 1. The number of hydrogen-bond donors (Lipinski definition) is 1. The van der Waals surface area contributed by atoms with Crippen molar-refractivity contribution < 1.29 is 0 Å². The van der Waals surface area contributed by atoms with E-state index in [1.807, 2.05) is 6.07 Å². The Morgan fingerprint density at radius 2 is 2.18 bits per heavy atom. The van der Waals surface area contributed by atoms with E-state index in [1.165, 1.54) is 24.8 Å². The Morgan fingerprint density at radius 3 is 2.76 bits per heavy atom. The summed E-state index contributed by atoms with van der Waals surface area (Å²) in [5.74, 6) is 0.845. The minimum atomic E-state index is 0.333. The Balaban J connectivity index is 2.11. The molecule has 0 atom stereocenters. The van der Waals surface area contributed by atoms with Crippen molar-refractivity contribution in [3.05, 3.63) is 34.9 Å². The third-order valence-corrected chi connectivity index (χ3v) is 4.04. The van der Waals surface area contributed by atoms with Gasteiger partial charge in [0, 0.05) is 17.0 Å². The Kier molecular flexibility index (Phi) is 4.11. The van der Waals surface area contributed by atoms with Crippen LogP contribution in [0.3, 0.4) is 0 Å². The van der Waals surface area contributed by atoms with Gasteiger partial charge in [-0.1, -0.05) is 37.6 Å². The third-order valence-electron chi connectivity index (χ3n) is 3.81. The molecule has 1 saturated carbocycles. The van der Waals surface area contributed by atoms with Crippen molar-refractivity contribution in [3.8, 4) is 0 Å². The van der Waals surface area contributed by atoms with E-state index in [4.69, 9.17) is 11.6 Å². The molecule has 2 rings (SSSR count). The van der Waals surface area contributed by atoms with Crippen molar-refractivity contribution in [1.82, 2.24) is 5.32 Å². The molecule has 1 fully saturated rings. The summed E-state index contributed by atoms with van der Waals surface area (Å²) >= 11 is 6.11. The monoisotopic (exact) mass is 251 g/mol. The van der Waals surface area contributed by atoms with Crippen molar-refractivity contribution in [2.24, 2.45) is 5.92 Å². The van der Waals surface area contributed by atoms with Gasteiger partial charge in [-0.15, -0.1) is 0 Å². The van der Waals surface area contributed by atoms with Gasteiger partial charge in [-0.3, -0.25) is 0 Å². The van der Waals surface area contributed by atoms with E-state index in [1.54, 1.807) is 0 Å². The third kappa shape index (κ3) is 2.83. The van der Waals surface area contributed by atoms with Gasteiger partial charge in [0.25, 0.3) is 0 Å². The van der Waals surface area contributed by atoms with Crippen LogP contribution >= 0.6 is 11.6 Å².